The lowest BCUT2D eigenvalue weighted by Gasteiger charge is -2.02. The van der Waals surface area contributed by atoms with E-state index in [4.69, 9.17) is 26.2 Å². The molecule has 0 aromatic heterocycles. The molecule has 0 fully saturated rings. The fourth-order valence-electron chi connectivity index (χ4n) is 1.26. The first-order valence-corrected chi connectivity index (χ1v) is 4.35. The van der Waals surface area contributed by atoms with E-state index in [1.54, 1.807) is 0 Å². The van der Waals surface area contributed by atoms with Crippen LogP contribution in [0.4, 0.5) is 0 Å². The molecule has 0 spiro atoms. The van der Waals surface area contributed by atoms with Gasteiger partial charge in [-0.25, -0.2) is 4.79 Å². The molecule has 5 nitrogen and oxygen atoms in total. The molecule has 0 amide bonds. The van der Waals surface area contributed by atoms with Gasteiger partial charge in [-0.15, -0.1) is 0 Å². The van der Waals surface area contributed by atoms with E-state index in [1.165, 1.54) is 12.1 Å². The number of carboxylic acid groups (broad SMARTS) is 1. The van der Waals surface area contributed by atoms with E-state index < -0.39 is 11.8 Å². The van der Waals surface area contributed by atoms with E-state index in [0.717, 1.165) is 0 Å². The first kappa shape index (κ1) is 9.79. The number of ketones is 1. The maximum absolute atomic E-state index is 11.2. The third kappa shape index (κ3) is 1.50. The van der Waals surface area contributed by atoms with Gasteiger partial charge < -0.3 is 14.6 Å². The summed E-state index contributed by atoms with van der Waals surface area (Å²) in [6.07, 6.45) is 0. The maximum Gasteiger partial charge on any atom is 0.377 e. The number of rotatable bonds is 2. The topological polar surface area (TPSA) is 72.8 Å². The molecule has 1 aliphatic rings. The summed E-state index contributed by atoms with van der Waals surface area (Å²) in [4.78, 5) is 21.7. The fraction of sp³-hybridized carbons (Fsp3) is 0.111. The molecule has 1 N–H and O–H groups in total. The number of carbonyl (C=O) groups excluding carboxylic acids is 1. The van der Waals surface area contributed by atoms with Crippen molar-refractivity contribution in [2.45, 2.75) is 0 Å². The van der Waals surface area contributed by atoms with Crippen LogP contribution in [0.15, 0.2) is 12.1 Å². The standard InChI is InChI=1S/C9H5ClO5/c10-5-2-1-4(6(11)9(12)13)7-8(5)15-3-14-7/h1-2H,3H2,(H,12,13). The Labute approximate surface area is 89.2 Å². The van der Waals surface area contributed by atoms with Gasteiger partial charge in [-0.1, -0.05) is 11.6 Å². The highest BCUT2D eigenvalue weighted by Crippen LogP contribution is 2.41. The molecule has 0 unspecified atom stereocenters. The van der Waals surface area contributed by atoms with Crippen molar-refractivity contribution >= 4 is 23.4 Å². The highest BCUT2D eigenvalue weighted by atomic mass is 35.5. The number of Topliss-reactive ketones (excluding diaryl/α,β-unsaturated/α-hetero) is 1. The van der Waals surface area contributed by atoms with E-state index in [0.29, 0.717) is 0 Å². The number of carbonyl (C=O) groups is 2. The third-order valence-corrected chi connectivity index (χ3v) is 2.21. The number of fused-ring (bicyclic) bond motifs is 1. The van der Waals surface area contributed by atoms with Gasteiger partial charge in [0.2, 0.25) is 6.79 Å². The van der Waals surface area contributed by atoms with Gasteiger partial charge in [0.15, 0.2) is 11.5 Å². The molecule has 0 saturated heterocycles. The van der Waals surface area contributed by atoms with Gasteiger partial charge in [0.1, 0.15) is 0 Å². The Hall–Kier alpha value is -1.75. The van der Waals surface area contributed by atoms with Gasteiger partial charge in [0.05, 0.1) is 10.6 Å². The smallest absolute Gasteiger partial charge is 0.377 e. The molecule has 78 valence electrons. The Morgan fingerprint density at radius 2 is 1.93 bits per heavy atom. The molecular formula is C9H5ClO5. The van der Waals surface area contributed by atoms with Crippen molar-refractivity contribution in [3.05, 3.63) is 22.7 Å². The predicted molar refractivity (Wildman–Crippen MR) is 49.5 cm³/mol. The van der Waals surface area contributed by atoms with Crippen LogP contribution in [0.3, 0.4) is 0 Å². The minimum absolute atomic E-state index is 0.0561. The first-order chi connectivity index (χ1) is 7.11. The van der Waals surface area contributed by atoms with E-state index in [2.05, 4.69) is 0 Å². The molecule has 0 atom stereocenters. The second kappa shape index (κ2) is 3.43. The highest BCUT2D eigenvalue weighted by molar-refractivity contribution is 6.41. The summed E-state index contributed by atoms with van der Waals surface area (Å²) in [5.41, 5.74) is -0.0561. The lowest BCUT2D eigenvalue weighted by atomic mass is 10.1. The molecule has 2 rings (SSSR count). The van der Waals surface area contributed by atoms with Crippen molar-refractivity contribution < 1.29 is 24.2 Å². The summed E-state index contributed by atoms with van der Waals surface area (Å²) in [5.74, 6) is -2.29. The van der Waals surface area contributed by atoms with E-state index in [-0.39, 0.29) is 28.9 Å². The van der Waals surface area contributed by atoms with Crippen molar-refractivity contribution in [1.29, 1.82) is 0 Å². The number of benzene rings is 1. The molecule has 1 heterocycles. The third-order valence-electron chi connectivity index (χ3n) is 1.91. The Kier molecular flexibility index (Phi) is 2.24. The zero-order valence-electron chi connectivity index (χ0n) is 7.32. The van der Waals surface area contributed by atoms with Crippen LogP contribution in [0.25, 0.3) is 0 Å². The van der Waals surface area contributed by atoms with Crippen molar-refractivity contribution in [3.8, 4) is 11.5 Å². The molecule has 0 bridgehead atoms. The predicted octanol–water partition coefficient (Wildman–Crippen LogP) is 1.34. The van der Waals surface area contributed by atoms with Gasteiger partial charge in [0, 0.05) is 0 Å². The lowest BCUT2D eigenvalue weighted by Crippen LogP contribution is -2.13. The minimum Gasteiger partial charge on any atom is -0.475 e. The Morgan fingerprint density at radius 3 is 2.60 bits per heavy atom. The van der Waals surface area contributed by atoms with Crippen LogP contribution in [-0.2, 0) is 4.79 Å². The van der Waals surface area contributed by atoms with Gasteiger partial charge in [-0.05, 0) is 12.1 Å². The largest absolute Gasteiger partial charge is 0.475 e. The second-order valence-corrected chi connectivity index (χ2v) is 3.20. The van der Waals surface area contributed by atoms with Gasteiger partial charge in [0.25, 0.3) is 5.78 Å². The number of aliphatic carboxylic acids is 1. The zero-order valence-corrected chi connectivity index (χ0v) is 8.08. The van der Waals surface area contributed by atoms with Crippen molar-refractivity contribution in [3.63, 3.8) is 0 Å². The van der Waals surface area contributed by atoms with Gasteiger partial charge in [-0.3, -0.25) is 4.79 Å². The molecule has 1 aromatic carbocycles. The molecule has 1 aliphatic heterocycles. The minimum atomic E-state index is -1.55. The number of hydrogen-bond donors (Lipinski definition) is 1. The summed E-state index contributed by atoms with van der Waals surface area (Å²) in [6.45, 7) is -0.0705. The first-order valence-electron chi connectivity index (χ1n) is 3.97. The molecule has 1 aromatic rings. The second-order valence-electron chi connectivity index (χ2n) is 2.79. The van der Waals surface area contributed by atoms with Crippen LogP contribution in [0, 0.1) is 0 Å². The summed E-state index contributed by atoms with van der Waals surface area (Å²) in [6, 6.07) is 2.69. The van der Waals surface area contributed by atoms with E-state index >= 15 is 0 Å². The monoisotopic (exact) mass is 228 g/mol. The normalized spacial score (nSPS) is 12.6. The van der Waals surface area contributed by atoms with Crippen LogP contribution < -0.4 is 9.47 Å². The lowest BCUT2D eigenvalue weighted by molar-refractivity contribution is -0.131. The van der Waals surface area contributed by atoms with Gasteiger partial charge >= 0.3 is 5.97 Å². The van der Waals surface area contributed by atoms with Crippen molar-refractivity contribution in [2.75, 3.05) is 6.79 Å². The SMILES string of the molecule is O=C(O)C(=O)c1ccc(Cl)c2c1OCO2. The molecule has 0 saturated carbocycles. The van der Waals surface area contributed by atoms with Crippen LogP contribution in [0.5, 0.6) is 11.5 Å². The molecule has 6 heteroatoms. The Morgan fingerprint density at radius 1 is 1.27 bits per heavy atom. The van der Waals surface area contributed by atoms with E-state index in [1.807, 2.05) is 0 Å². The van der Waals surface area contributed by atoms with Gasteiger partial charge in [-0.2, -0.15) is 0 Å². The molecule has 15 heavy (non-hydrogen) atoms. The number of hydrogen-bond acceptors (Lipinski definition) is 4. The average molecular weight is 229 g/mol. The molecular weight excluding hydrogens is 224 g/mol. The summed E-state index contributed by atoms with van der Waals surface area (Å²) >= 11 is 5.76. The Bertz CT molecular complexity index is 454. The summed E-state index contributed by atoms with van der Waals surface area (Å²) in [7, 11) is 0. The van der Waals surface area contributed by atoms with Crippen LogP contribution in [-0.4, -0.2) is 23.7 Å². The zero-order chi connectivity index (χ0) is 11.0. The number of halogens is 1. The molecule has 0 aliphatic carbocycles. The number of carboxylic acids is 1. The molecule has 0 radical (unpaired) electrons. The maximum atomic E-state index is 11.2. The quantitative estimate of drug-likeness (QED) is 0.611. The Balaban J connectivity index is 2.55. The summed E-state index contributed by atoms with van der Waals surface area (Å²) in [5, 5.41) is 8.84. The van der Waals surface area contributed by atoms with Crippen LogP contribution in [0.2, 0.25) is 5.02 Å². The average Bonchev–Trinajstić information content (AvgIpc) is 2.66. The number of ether oxygens (including phenoxy) is 2. The summed E-state index contributed by atoms with van der Waals surface area (Å²) < 4.78 is 9.99. The van der Waals surface area contributed by atoms with Crippen LogP contribution in [0.1, 0.15) is 10.4 Å². The fourth-order valence-corrected chi connectivity index (χ4v) is 1.46. The van der Waals surface area contributed by atoms with Crippen molar-refractivity contribution in [2.24, 2.45) is 0 Å². The van der Waals surface area contributed by atoms with E-state index in [9.17, 15) is 9.59 Å². The van der Waals surface area contributed by atoms with Crippen LogP contribution >= 0.6 is 11.6 Å². The van der Waals surface area contributed by atoms with Crippen molar-refractivity contribution in [1.82, 2.24) is 0 Å². The highest BCUT2D eigenvalue weighted by Gasteiger charge is 2.27.